The molecule has 0 aliphatic carbocycles. The van der Waals surface area contributed by atoms with E-state index in [1.165, 1.54) is 29.5 Å². The second kappa shape index (κ2) is 6.63. The van der Waals surface area contributed by atoms with Crippen LogP contribution >= 0.6 is 11.8 Å². The van der Waals surface area contributed by atoms with Crippen LogP contribution in [0.2, 0.25) is 0 Å². The van der Waals surface area contributed by atoms with Gasteiger partial charge >= 0.3 is 0 Å². The van der Waals surface area contributed by atoms with E-state index in [2.05, 4.69) is 5.32 Å². The number of nitrogen functional groups attached to an aromatic ring is 1. The Labute approximate surface area is 127 Å². The van der Waals surface area contributed by atoms with Gasteiger partial charge in [0.25, 0.3) is 0 Å². The maximum Gasteiger partial charge on any atom is 0.234 e. The Bertz CT molecular complexity index is 673. The highest BCUT2D eigenvalue weighted by Crippen LogP contribution is 2.22. The summed E-state index contributed by atoms with van der Waals surface area (Å²) in [4.78, 5) is 12.6. The first-order valence-corrected chi connectivity index (χ1v) is 7.49. The number of rotatable bonds is 4. The Hall–Kier alpha value is -2.01. The van der Waals surface area contributed by atoms with E-state index in [4.69, 9.17) is 5.73 Å². The van der Waals surface area contributed by atoms with Crippen LogP contribution in [0.15, 0.2) is 41.3 Å². The van der Waals surface area contributed by atoms with Gasteiger partial charge in [-0.05, 0) is 55.3 Å². The van der Waals surface area contributed by atoms with Crippen LogP contribution in [0.3, 0.4) is 0 Å². The van der Waals surface area contributed by atoms with Gasteiger partial charge in [0.05, 0.1) is 11.4 Å². The van der Waals surface area contributed by atoms with Crippen molar-refractivity contribution in [2.75, 3.05) is 16.8 Å². The summed E-state index contributed by atoms with van der Waals surface area (Å²) >= 11 is 1.27. The Kier molecular flexibility index (Phi) is 4.85. The molecule has 5 heteroatoms. The fraction of sp³-hybridized carbons (Fsp3) is 0.188. The third-order valence-electron chi connectivity index (χ3n) is 3.13. The molecule has 21 heavy (non-hydrogen) atoms. The third-order valence-corrected chi connectivity index (χ3v) is 4.13. The topological polar surface area (TPSA) is 55.1 Å². The van der Waals surface area contributed by atoms with Gasteiger partial charge in [0.2, 0.25) is 5.91 Å². The van der Waals surface area contributed by atoms with Crippen molar-refractivity contribution in [3.8, 4) is 0 Å². The van der Waals surface area contributed by atoms with Crippen molar-refractivity contribution >= 4 is 29.0 Å². The minimum Gasteiger partial charge on any atom is -0.396 e. The molecule has 0 aromatic heterocycles. The van der Waals surface area contributed by atoms with Crippen LogP contribution < -0.4 is 11.1 Å². The van der Waals surface area contributed by atoms with E-state index >= 15 is 0 Å². The van der Waals surface area contributed by atoms with Crippen LogP contribution in [0.1, 0.15) is 11.1 Å². The standard InChI is InChI=1S/C16H17FN2OS/c1-10-3-4-12(7-11(10)2)19-16(20)9-21-13-5-6-15(18)14(17)8-13/h3-8H,9,18H2,1-2H3,(H,19,20). The number of nitrogens with one attached hydrogen (secondary N) is 1. The zero-order valence-corrected chi connectivity index (χ0v) is 12.8. The van der Waals surface area contributed by atoms with Crippen molar-refractivity contribution < 1.29 is 9.18 Å². The van der Waals surface area contributed by atoms with Crippen LogP contribution in [-0.4, -0.2) is 11.7 Å². The minimum absolute atomic E-state index is 0.110. The summed E-state index contributed by atoms with van der Waals surface area (Å²) in [5, 5.41) is 2.83. The second-order valence-electron chi connectivity index (χ2n) is 4.82. The van der Waals surface area contributed by atoms with E-state index in [-0.39, 0.29) is 17.3 Å². The summed E-state index contributed by atoms with van der Waals surface area (Å²) in [7, 11) is 0. The molecule has 0 heterocycles. The average molecular weight is 304 g/mol. The normalized spacial score (nSPS) is 10.4. The molecule has 0 aliphatic rings. The van der Waals surface area contributed by atoms with Crippen molar-refractivity contribution in [3.05, 3.63) is 53.3 Å². The third kappa shape index (κ3) is 4.23. The molecule has 0 bridgehead atoms. The van der Waals surface area contributed by atoms with Crippen molar-refractivity contribution in [2.45, 2.75) is 18.7 Å². The molecule has 0 saturated carbocycles. The lowest BCUT2D eigenvalue weighted by molar-refractivity contribution is -0.113. The number of carbonyl (C=O) groups excluding carboxylic acids is 1. The quantitative estimate of drug-likeness (QED) is 0.668. The van der Waals surface area contributed by atoms with Crippen molar-refractivity contribution in [3.63, 3.8) is 0 Å². The van der Waals surface area contributed by atoms with E-state index in [9.17, 15) is 9.18 Å². The molecule has 0 atom stereocenters. The van der Waals surface area contributed by atoms with Crippen LogP contribution in [-0.2, 0) is 4.79 Å². The Balaban J connectivity index is 1.92. The molecule has 3 nitrogen and oxygen atoms in total. The van der Waals surface area contributed by atoms with Gasteiger partial charge in [0.1, 0.15) is 5.82 Å². The SMILES string of the molecule is Cc1ccc(NC(=O)CSc2ccc(N)c(F)c2)cc1C. The lowest BCUT2D eigenvalue weighted by Gasteiger charge is -2.08. The maximum absolute atomic E-state index is 13.3. The number of thioether (sulfide) groups is 1. The summed E-state index contributed by atoms with van der Waals surface area (Å²) in [5.41, 5.74) is 8.60. The van der Waals surface area contributed by atoms with Gasteiger partial charge in [0, 0.05) is 10.6 Å². The molecule has 0 saturated heterocycles. The van der Waals surface area contributed by atoms with Gasteiger partial charge in [-0.3, -0.25) is 4.79 Å². The molecule has 2 aromatic rings. The number of carbonyl (C=O) groups is 1. The fourth-order valence-corrected chi connectivity index (χ4v) is 2.48. The van der Waals surface area contributed by atoms with E-state index in [0.717, 1.165) is 11.3 Å². The van der Waals surface area contributed by atoms with Gasteiger partial charge in [-0.2, -0.15) is 0 Å². The summed E-state index contributed by atoms with van der Waals surface area (Å²) in [5.74, 6) is -0.369. The van der Waals surface area contributed by atoms with Gasteiger partial charge in [-0.25, -0.2) is 4.39 Å². The highest BCUT2D eigenvalue weighted by Gasteiger charge is 2.06. The summed E-state index contributed by atoms with van der Waals surface area (Å²) < 4.78 is 13.3. The first-order chi connectivity index (χ1) is 9.95. The fourth-order valence-electron chi connectivity index (χ4n) is 1.76. The smallest absolute Gasteiger partial charge is 0.234 e. The molecule has 0 fully saturated rings. The summed E-state index contributed by atoms with van der Waals surface area (Å²) in [6.07, 6.45) is 0. The van der Waals surface area contributed by atoms with E-state index in [1.54, 1.807) is 6.07 Å². The van der Waals surface area contributed by atoms with Gasteiger partial charge in [-0.1, -0.05) is 6.07 Å². The number of hydrogen-bond acceptors (Lipinski definition) is 3. The average Bonchev–Trinajstić information content (AvgIpc) is 2.44. The molecular formula is C16H17FN2OS. The van der Waals surface area contributed by atoms with Gasteiger partial charge in [0.15, 0.2) is 0 Å². The van der Waals surface area contributed by atoms with E-state index in [0.29, 0.717) is 4.90 Å². The molecule has 0 unspecified atom stereocenters. The van der Waals surface area contributed by atoms with Crippen molar-refractivity contribution in [2.24, 2.45) is 0 Å². The van der Waals surface area contributed by atoms with Crippen LogP contribution in [0, 0.1) is 19.7 Å². The largest absolute Gasteiger partial charge is 0.396 e. The molecule has 0 radical (unpaired) electrons. The first kappa shape index (κ1) is 15.4. The lowest BCUT2D eigenvalue weighted by atomic mass is 10.1. The Morgan fingerprint density at radius 1 is 1.19 bits per heavy atom. The highest BCUT2D eigenvalue weighted by molar-refractivity contribution is 8.00. The first-order valence-electron chi connectivity index (χ1n) is 6.50. The van der Waals surface area contributed by atoms with Gasteiger partial charge in [-0.15, -0.1) is 11.8 Å². The van der Waals surface area contributed by atoms with Crippen molar-refractivity contribution in [1.29, 1.82) is 0 Å². The summed E-state index contributed by atoms with van der Waals surface area (Å²) in [6, 6.07) is 10.3. The van der Waals surface area contributed by atoms with E-state index < -0.39 is 5.82 Å². The highest BCUT2D eigenvalue weighted by atomic mass is 32.2. The van der Waals surface area contributed by atoms with E-state index in [1.807, 2.05) is 32.0 Å². The second-order valence-corrected chi connectivity index (χ2v) is 5.87. The van der Waals surface area contributed by atoms with Crippen LogP contribution in [0.25, 0.3) is 0 Å². The Morgan fingerprint density at radius 2 is 1.95 bits per heavy atom. The molecule has 1 amide bonds. The Morgan fingerprint density at radius 3 is 2.62 bits per heavy atom. The predicted molar refractivity (Wildman–Crippen MR) is 86.1 cm³/mol. The minimum atomic E-state index is -0.463. The molecule has 2 aromatic carbocycles. The number of amides is 1. The summed E-state index contributed by atoms with van der Waals surface area (Å²) in [6.45, 7) is 4.02. The predicted octanol–water partition coefficient (Wildman–Crippen LogP) is 3.76. The van der Waals surface area contributed by atoms with Gasteiger partial charge < -0.3 is 11.1 Å². The maximum atomic E-state index is 13.3. The van der Waals surface area contributed by atoms with Crippen LogP contribution in [0.4, 0.5) is 15.8 Å². The van der Waals surface area contributed by atoms with Crippen molar-refractivity contribution in [1.82, 2.24) is 0 Å². The molecule has 2 rings (SSSR count). The number of hydrogen-bond donors (Lipinski definition) is 2. The monoisotopic (exact) mass is 304 g/mol. The molecule has 3 N–H and O–H groups in total. The zero-order chi connectivity index (χ0) is 15.4. The number of halogens is 1. The van der Waals surface area contributed by atoms with Crippen LogP contribution in [0.5, 0.6) is 0 Å². The molecular weight excluding hydrogens is 287 g/mol. The number of anilines is 2. The molecule has 110 valence electrons. The number of nitrogens with two attached hydrogens (primary N) is 1. The molecule has 0 aliphatic heterocycles. The number of benzene rings is 2. The zero-order valence-electron chi connectivity index (χ0n) is 11.9. The number of aryl methyl sites for hydroxylation is 2. The lowest BCUT2D eigenvalue weighted by Crippen LogP contribution is -2.14. The molecule has 0 spiro atoms.